The van der Waals surface area contributed by atoms with Gasteiger partial charge in [-0.3, -0.25) is 0 Å². The van der Waals surface area contributed by atoms with Crippen molar-refractivity contribution in [2.24, 2.45) is 5.41 Å². The molecule has 1 aromatic carbocycles. The largest absolute Gasteiger partial charge is 0.395 e. The Bertz CT molecular complexity index is 362. The molecule has 1 rings (SSSR count). The fourth-order valence-electron chi connectivity index (χ4n) is 1.44. The van der Waals surface area contributed by atoms with Gasteiger partial charge in [0.2, 0.25) is 0 Å². The Balaban J connectivity index is 3.12. The lowest BCUT2D eigenvalue weighted by atomic mass is 9.87. The Labute approximate surface area is 106 Å². The van der Waals surface area contributed by atoms with Crippen LogP contribution in [0.2, 0.25) is 0 Å². The molecular weight excluding hydrogens is 236 g/mol. The Morgan fingerprint density at radius 3 is 2.11 bits per heavy atom. The molecule has 5 nitrogen and oxygen atoms in total. The first kappa shape index (κ1) is 14.7. The SMILES string of the molecule is COOC(=Cc1ccccc1)C(CO)(CO)CO. The second-order valence-corrected chi connectivity index (χ2v) is 3.92. The van der Waals surface area contributed by atoms with Crippen LogP contribution in [-0.4, -0.2) is 42.3 Å². The molecule has 0 heterocycles. The predicted octanol–water partition coefficient (Wildman–Crippen LogP) is 0.569. The van der Waals surface area contributed by atoms with Crippen LogP contribution in [-0.2, 0) is 9.78 Å². The van der Waals surface area contributed by atoms with E-state index in [0.717, 1.165) is 5.56 Å². The minimum absolute atomic E-state index is 0.170. The zero-order valence-corrected chi connectivity index (χ0v) is 10.2. The summed E-state index contributed by atoms with van der Waals surface area (Å²) in [5, 5.41) is 28.1. The van der Waals surface area contributed by atoms with Crippen molar-refractivity contribution in [3.05, 3.63) is 41.7 Å². The summed E-state index contributed by atoms with van der Waals surface area (Å²) in [5.74, 6) is 0.170. The van der Waals surface area contributed by atoms with Crippen molar-refractivity contribution in [1.29, 1.82) is 0 Å². The topological polar surface area (TPSA) is 79.2 Å². The van der Waals surface area contributed by atoms with Gasteiger partial charge >= 0.3 is 0 Å². The molecule has 0 aliphatic rings. The molecular formula is C13H18O5. The summed E-state index contributed by atoms with van der Waals surface area (Å²) in [5.41, 5.74) is -0.462. The molecule has 0 spiro atoms. The monoisotopic (exact) mass is 254 g/mol. The van der Waals surface area contributed by atoms with Gasteiger partial charge in [-0.1, -0.05) is 30.3 Å². The van der Waals surface area contributed by atoms with Gasteiger partial charge in [0, 0.05) is 0 Å². The van der Waals surface area contributed by atoms with Crippen LogP contribution < -0.4 is 0 Å². The van der Waals surface area contributed by atoms with Gasteiger partial charge < -0.3 is 20.2 Å². The number of rotatable bonds is 7. The van der Waals surface area contributed by atoms with E-state index in [0.29, 0.717) is 0 Å². The summed E-state index contributed by atoms with van der Waals surface area (Å²) in [6, 6.07) is 9.21. The fraction of sp³-hybridized carbons (Fsp3) is 0.385. The summed E-state index contributed by atoms with van der Waals surface area (Å²) in [6.45, 7) is -1.37. The van der Waals surface area contributed by atoms with Crippen LogP contribution in [0.15, 0.2) is 36.1 Å². The second kappa shape index (κ2) is 7.13. The highest BCUT2D eigenvalue weighted by molar-refractivity contribution is 5.52. The molecule has 0 amide bonds. The van der Waals surface area contributed by atoms with Crippen molar-refractivity contribution in [3.8, 4) is 0 Å². The summed E-state index contributed by atoms with van der Waals surface area (Å²) in [7, 11) is 1.32. The maximum atomic E-state index is 9.36. The molecule has 0 bridgehead atoms. The molecule has 0 saturated heterocycles. The predicted molar refractivity (Wildman–Crippen MR) is 66.2 cm³/mol. The quantitative estimate of drug-likeness (QED) is 0.376. The molecule has 0 aliphatic heterocycles. The molecule has 0 radical (unpaired) electrons. The van der Waals surface area contributed by atoms with Crippen LogP contribution in [0.1, 0.15) is 5.56 Å². The van der Waals surface area contributed by atoms with Gasteiger partial charge in [0.05, 0.1) is 26.9 Å². The standard InChI is InChI=1S/C13H18O5/c1-17-18-12(13(8-14,9-15)10-16)7-11-5-3-2-4-6-11/h2-7,14-16H,8-10H2,1H3. The first-order valence-corrected chi connectivity index (χ1v) is 5.53. The Morgan fingerprint density at radius 1 is 1.11 bits per heavy atom. The summed E-state index contributed by atoms with van der Waals surface area (Å²) < 4.78 is 0. The average molecular weight is 254 g/mol. The van der Waals surface area contributed by atoms with Crippen molar-refractivity contribution >= 4 is 6.08 Å². The molecule has 0 unspecified atom stereocenters. The average Bonchev–Trinajstić information content (AvgIpc) is 2.43. The van der Waals surface area contributed by atoms with E-state index in [9.17, 15) is 15.3 Å². The molecule has 0 aromatic heterocycles. The number of hydrogen-bond acceptors (Lipinski definition) is 5. The Kier molecular flexibility index (Phi) is 5.80. The zero-order chi connectivity index (χ0) is 13.4. The summed E-state index contributed by atoms with van der Waals surface area (Å²) in [4.78, 5) is 9.55. The minimum Gasteiger partial charge on any atom is -0.395 e. The van der Waals surface area contributed by atoms with E-state index in [4.69, 9.17) is 4.89 Å². The van der Waals surface area contributed by atoms with Crippen LogP contribution in [0.4, 0.5) is 0 Å². The maximum absolute atomic E-state index is 9.36. The molecule has 100 valence electrons. The van der Waals surface area contributed by atoms with Crippen LogP contribution in [0.3, 0.4) is 0 Å². The zero-order valence-electron chi connectivity index (χ0n) is 10.2. The van der Waals surface area contributed by atoms with Crippen LogP contribution in [0, 0.1) is 5.41 Å². The minimum atomic E-state index is -1.27. The van der Waals surface area contributed by atoms with Crippen LogP contribution >= 0.6 is 0 Å². The van der Waals surface area contributed by atoms with Gasteiger partial charge in [0.15, 0.2) is 5.76 Å². The van der Waals surface area contributed by atoms with E-state index in [-0.39, 0.29) is 5.76 Å². The van der Waals surface area contributed by atoms with Crippen molar-refractivity contribution in [2.75, 3.05) is 26.9 Å². The van der Waals surface area contributed by atoms with Gasteiger partial charge in [0.1, 0.15) is 5.41 Å². The Morgan fingerprint density at radius 2 is 1.67 bits per heavy atom. The van der Waals surface area contributed by atoms with Crippen molar-refractivity contribution in [3.63, 3.8) is 0 Å². The van der Waals surface area contributed by atoms with Crippen molar-refractivity contribution in [1.82, 2.24) is 0 Å². The number of aliphatic hydroxyl groups is 3. The van der Waals surface area contributed by atoms with E-state index in [1.54, 1.807) is 6.08 Å². The van der Waals surface area contributed by atoms with Gasteiger partial charge in [0.25, 0.3) is 0 Å². The third kappa shape index (κ3) is 3.30. The lowest BCUT2D eigenvalue weighted by Gasteiger charge is -2.28. The molecule has 5 heteroatoms. The third-order valence-corrected chi connectivity index (χ3v) is 2.70. The van der Waals surface area contributed by atoms with E-state index >= 15 is 0 Å². The first-order valence-electron chi connectivity index (χ1n) is 5.53. The molecule has 1 aromatic rings. The highest BCUT2D eigenvalue weighted by Gasteiger charge is 2.35. The first-order chi connectivity index (χ1) is 8.72. The molecule has 18 heavy (non-hydrogen) atoms. The summed E-state index contributed by atoms with van der Waals surface area (Å²) >= 11 is 0. The smallest absolute Gasteiger partial charge is 0.156 e. The normalized spacial score (nSPS) is 12.6. The number of hydrogen-bond donors (Lipinski definition) is 3. The van der Waals surface area contributed by atoms with E-state index < -0.39 is 25.2 Å². The Hall–Kier alpha value is -1.40. The van der Waals surface area contributed by atoms with E-state index in [2.05, 4.69) is 4.89 Å². The van der Waals surface area contributed by atoms with Crippen molar-refractivity contribution in [2.45, 2.75) is 0 Å². The molecule has 0 aliphatic carbocycles. The number of aliphatic hydroxyl groups excluding tert-OH is 3. The lowest BCUT2D eigenvalue weighted by Crippen LogP contribution is -2.37. The number of benzene rings is 1. The lowest BCUT2D eigenvalue weighted by molar-refractivity contribution is -0.256. The van der Waals surface area contributed by atoms with Gasteiger partial charge in [-0.05, 0) is 11.6 Å². The third-order valence-electron chi connectivity index (χ3n) is 2.70. The second-order valence-electron chi connectivity index (χ2n) is 3.92. The summed E-state index contributed by atoms with van der Waals surface area (Å²) in [6.07, 6.45) is 1.60. The van der Waals surface area contributed by atoms with Crippen LogP contribution in [0.25, 0.3) is 6.08 Å². The molecule has 0 saturated carbocycles. The molecule has 0 atom stereocenters. The molecule has 0 fully saturated rings. The van der Waals surface area contributed by atoms with Gasteiger partial charge in [-0.15, -0.1) is 0 Å². The van der Waals surface area contributed by atoms with Gasteiger partial charge in [-0.25, -0.2) is 0 Å². The fourth-order valence-corrected chi connectivity index (χ4v) is 1.44. The maximum Gasteiger partial charge on any atom is 0.156 e. The van der Waals surface area contributed by atoms with Crippen LogP contribution in [0.5, 0.6) is 0 Å². The van der Waals surface area contributed by atoms with E-state index in [1.165, 1.54) is 7.11 Å². The van der Waals surface area contributed by atoms with Gasteiger partial charge in [-0.2, -0.15) is 4.89 Å². The highest BCUT2D eigenvalue weighted by Crippen LogP contribution is 2.29. The molecule has 3 N–H and O–H groups in total. The van der Waals surface area contributed by atoms with Crippen molar-refractivity contribution < 1.29 is 25.1 Å². The van der Waals surface area contributed by atoms with E-state index in [1.807, 2.05) is 30.3 Å². The highest BCUT2D eigenvalue weighted by atomic mass is 17.2.